The number of carboxylic acids is 1. The van der Waals surface area contributed by atoms with Crippen LogP contribution in [0, 0.1) is 17.8 Å². The second-order valence-electron chi connectivity index (χ2n) is 11.3. The molecule has 0 heterocycles. The summed E-state index contributed by atoms with van der Waals surface area (Å²) in [6.07, 6.45) is 7.14. The van der Waals surface area contributed by atoms with Crippen LogP contribution in [0.25, 0.3) is 0 Å². The number of carboxylic acid groups (broad SMARTS) is 1. The Balaban J connectivity index is 1.14. The average molecular weight is 513 g/mol. The zero-order valence-corrected chi connectivity index (χ0v) is 22.2. The van der Waals surface area contributed by atoms with E-state index in [1.54, 1.807) is 24.8 Å². The van der Waals surface area contributed by atoms with Crippen molar-refractivity contribution >= 4 is 28.7 Å². The predicted octanol–water partition coefficient (Wildman–Crippen LogP) is 7.00. The van der Waals surface area contributed by atoms with E-state index in [9.17, 15) is 9.90 Å². The van der Waals surface area contributed by atoms with Gasteiger partial charge in [-0.2, -0.15) is 0 Å². The summed E-state index contributed by atoms with van der Waals surface area (Å²) in [5, 5.41) is 13.0. The highest BCUT2D eigenvalue weighted by Gasteiger charge is 2.58. The third-order valence-corrected chi connectivity index (χ3v) is 9.13. The van der Waals surface area contributed by atoms with E-state index in [1.165, 1.54) is 43.9 Å². The Morgan fingerprint density at radius 1 is 0.947 bits per heavy atom. The summed E-state index contributed by atoms with van der Waals surface area (Å²) >= 11 is 0. The zero-order valence-electron chi connectivity index (χ0n) is 22.2. The number of carbonyl (C=O) groups is 1. The number of hydrogen-bond donors (Lipinski definition) is 2. The van der Waals surface area contributed by atoms with Gasteiger partial charge in [0.15, 0.2) is 0 Å². The van der Waals surface area contributed by atoms with E-state index in [2.05, 4.69) is 53.7 Å². The number of rotatable bonds is 10. The van der Waals surface area contributed by atoms with Crippen LogP contribution in [0.15, 0.2) is 66.7 Å². The SMILES string of the molecule is COCCOc1ccc(Nc2ccc(N(C)c3ccc(C45CC6CC(CC4C6)C5)cc3)cc2)c(C(=O)O)c1. The lowest BCUT2D eigenvalue weighted by atomic mass is 9.71. The molecule has 4 bridgehead atoms. The predicted molar refractivity (Wildman–Crippen MR) is 150 cm³/mol. The van der Waals surface area contributed by atoms with E-state index in [1.807, 2.05) is 12.1 Å². The van der Waals surface area contributed by atoms with Gasteiger partial charge in [0.2, 0.25) is 0 Å². The largest absolute Gasteiger partial charge is 0.491 e. The Bertz CT molecular complexity index is 1290. The van der Waals surface area contributed by atoms with Gasteiger partial charge in [0.25, 0.3) is 0 Å². The number of nitrogens with one attached hydrogen (secondary N) is 1. The molecule has 4 aliphatic carbocycles. The fraction of sp³-hybridized carbons (Fsp3) is 0.406. The lowest BCUT2D eigenvalue weighted by molar-refractivity contribution is 0.0697. The van der Waals surface area contributed by atoms with Crippen LogP contribution in [0.1, 0.15) is 48.0 Å². The summed E-state index contributed by atoms with van der Waals surface area (Å²) in [7, 11) is 3.68. The average Bonchev–Trinajstić information content (AvgIpc) is 3.33. The maximum atomic E-state index is 11.9. The molecule has 0 amide bonds. The fourth-order valence-electron chi connectivity index (χ4n) is 7.50. The van der Waals surface area contributed by atoms with Crippen molar-refractivity contribution in [2.45, 2.75) is 37.5 Å². The normalized spacial score (nSPS) is 24.9. The summed E-state index contributed by atoms with van der Waals surface area (Å²) < 4.78 is 10.6. The lowest BCUT2D eigenvalue weighted by Crippen LogP contribution is -2.27. The Kier molecular flexibility index (Phi) is 6.52. The molecule has 2 unspecified atom stereocenters. The number of ether oxygens (including phenoxy) is 2. The molecule has 38 heavy (non-hydrogen) atoms. The minimum Gasteiger partial charge on any atom is -0.491 e. The van der Waals surface area contributed by atoms with Gasteiger partial charge in [-0.05, 0) is 115 Å². The van der Waals surface area contributed by atoms with Crippen LogP contribution in [-0.4, -0.2) is 38.4 Å². The fourth-order valence-corrected chi connectivity index (χ4v) is 7.50. The molecule has 2 atom stereocenters. The molecule has 6 heteroatoms. The third kappa shape index (κ3) is 4.51. The summed E-state index contributed by atoms with van der Waals surface area (Å²) in [4.78, 5) is 14.0. The molecule has 198 valence electrons. The van der Waals surface area contributed by atoms with Gasteiger partial charge >= 0.3 is 5.97 Å². The van der Waals surface area contributed by atoms with Crippen molar-refractivity contribution in [3.8, 4) is 5.75 Å². The first-order valence-corrected chi connectivity index (χ1v) is 13.7. The zero-order chi connectivity index (χ0) is 26.3. The molecule has 0 saturated heterocycles. The maximum absolute atomic E-state index is 11.9. The summed E-state index contributed by atoms with van der Waals surface area (Å²) in [5.74, 6) is 2.31. The first kappa shape index (κ1) is 24.8. The Hall–Kier alpha value is -3.51. The van der Waals surface area contributed by atoms with Crippen LogP contribution in [0.4, 0.5) is 22.7 Å². The molecule has 0 radical (unpaired) electrons. The van der Waals surface area contributed by atoms with E-state index in [4.69, 9.17) is 9.47 Å². The van der Waals surface area contributed by atoms with Crippen LogP contribution >= 0.6 is 0 Å². The van der Waals surface area contributed by atoms with Crippen molar-refractivity contribution in [3.05, 3.63) is 77.9 Å². The molecular formula is C32H36N2O4. The van der Waals surface area contributed by atoms with Crippen molar-refractivity contribution in [2.24, 2.45) is 17.8 Å². The molecule has 0 aliphatic heterocycles. The monoisotopic (exact) mass is 512 g/mol. The van der Waals surface area contributed by atoms with Crippen LogP contribution in [-0.2, 0) is 10.2 Å². The Labute approximate surface area is 224 Å². The van der Waals surface area contributed by atoms with Crippen molar-refractivity contribution in [2.75, 3.05) is 37.6 Å². The number of methoxy groups -OCH3 is 1. The van der Waals surface area contributed by atoms with Gasteiger partial charge in [0, 0.05) is 31.2 Å². The van der Waals surface area contributed by atoms with Gasteiger partial charge in [-0.3, -0.25) is 0 Å². The van der Waals surface area contributed by atoms with E-state index in [0.717, 1.165) is 29.1 Å². The Morgan fingerprint density at radius 2 is 1.61 bits per heavy atom. The van der Waals surface area contributed by atoms with Gasteiger partial charge in [0.1, 0.15) is 12.4 Å². The van der Waals surface area contributed by atoms with Gasteiger partial charge in [-0.1, -0.05) is 12.1 Å². The number of benzene rings is 3. The minimum atomic E-state index is -1.01. The van der Waals surface area contributed by atoms with Crippen LogP contribution in [0.2, 0.25) is 0 Å². The molecule has 4 aliphatic rings. The highest BCUT2D eigenvalue weighted by Crippen LogP contribution is 2.65. The smallest absolute Gasteiger partial charge is 0.337 e. The number of aromatic carboxylic acids is 1. The molecule has 3 aromatic rings. The molecule has 6 nitrogen and oxygen atoms in total. The highest BCUT2D eigenvalue weighted by molar-refractivity contribution is 5.95. The second-order valence-corrected chi connectivity index (χ2v) is 11.3. The highest BCUT2D eigenvalue weighted by atomic mass is 16.5. The topological polar surface area (TPSA) is 71.0 Å². The molecule has 4 fully saturated rings. The molecule has 7 rings (SSSR count). The van der Waals surface area contributed by atoms with Crippen LogP contribution in [0.5, 0.6) is 5.75 Å². The summed E-state index contributed by atoms with van der Waals surface area (Å²) in [6.45, 7) is 0.803. The first-order valence-electron chi connectivity index (χ1n) is 13.7. The van der Waals surface area contributed by atoms with Crippen molar-refractivity contribution < 1.29 is 19.4 Å². The molecule has 0 spiro atoms. The maximum Gasteiger partial charge on any atom is 0.337 e. The first-order chi connectivity index (χ1) is 18.4. The van der Waals surface area contributed by atoms with Crippen molar-refractivity contribution in [1.29, 1.82) is 0 Å². The minimum absolute atomic E-state index is 0.157. The molecule has 0 aromatic heterocycles. The van der Waals surface area contributed by atoms with Crippen molar-refractivity contribution in [3.63, 3.8) is 0 Å². The quantitative estimate of drug-likeness (QED) is 0.285. The lowest BCUT2D eigenvalue weighted by Gasteiger charge is -2.34. The van der Waals surface area contributed by atoms with Gasteiger partial charge in [-0.15, -0.1) is 0 Å². The van der Waals surface area contributed by atoms with E-state index in [0.29, 0.717) is 30.1 Å². The molecular weight excluding hydrogens is 476 g/mol. The van der Waals surface area contributed by atoms with E-state index in [-0.39, 0.29) is 5.56 Å². The summed E-state index contributed by atoms with van der Waals surface area (Å²) in [5.41, 5.74) is 5.73. The van der Waals surface area contributed by atoms with Gasteiger partial charge in [0.05, 0.1) is 17.9 Å². The van der Waals surface area contributed by atoms with Crippen molar-refractivity contribution in [1.82, 2.24) is 0 Å². The molecule has 3 aromatic carbocycles. The van der Waals surface area contributed by atoms with Crippen LogP contribution < -0.4 is 15.0 Å². The second kappa shape index (κ2) is 9.99. The third-order valence-electron chi connectivity index (χ3n) is 9.13. The standard InChI is InChI=1S/C32H36N2O4/c1-34(26-7-3-23(4-8-26)32-19-21-15-22(20-32)17-24(32)16-21)27-9-5-25(6-10-27)33-30-12-11-28(38-14-13-37-2)18-29(30)31(35)36/h3-12,18,21-22,24,33H,13-17,19-20H2,1-2H3,(H,35,36). The molecule has 2 N–H and O–H groups in total. The van der Waals surface area contributed by atoms with E-state index < -0.39 is 5.97 Å². The van der Waals surface area contributed by atoms with Gasteiger partial charge in [-0.25, -0.2) is 4.79 Å². The number of hydrogen-bond acceptors (Lipinski definition) is 5. The number of anilines is 4. The number of nitrogens with zero attached hydrogens (tertiary/aromatic N) is 1. The molecule has 4 saturated carbocycles. The summed E-state index contributed by atoms with van der Waals surface area (Å²) in [6, 6.07) is 22.4. The Morgan fingerprint density at radius 3 is 2.24 bits per heavy atom. The van der Waals surface area contributed by atoms with E-state index >= 15 is 0 Å². The van der Waals surface area contributed by atoms with Gasteiger partial charge < -0.3 is 24.8 Å². The van der Waals surface area contributed by atoms with Crippen LogP contribution in [0.3, 0.4) is 0 Å².